The number of benzene rings is 2. The van der Waals surface area contributed by atoms with E-state index in [2.05, 4.69) is 10.6 Å². The predicted molar refractivity (Wildman–Crippen MR) is 90.8 cm³/mol. The van der Waals surface area contributed by atoms with Crippen molar-refractivity contribution >= 4 is 23.2 Å². The smallest absolute Gasteiger partial charge is 0.262 e. The van der Waals surface area contributed by atoms with Crippen molar-refractivity contribution in [1.82, 2.24) is 0 Å². The van der Waals surface area contributed by atoms with Crippen molar-refractivity contribution in [2.45, 2.75) is 20.8 Å². The zero-order valence-electron chi connectivity index (χ0n) is 13.5. The summed E-state index contributed by atoms with van der Waals surface area (Å²) in [6, 6.07) is 12.8. The van der Waals surface area contributed by atoms with Crippen LogP contribution in [0.1, 0.15) is 18.1 Å². The average Bonchev–Trinajstić information content (AvgIpc) is 2.49. The minimum atomic E-state index is -0.256. The Kier molecular flexibility index (Phi) is 5.36. The number of carbonyl (C=O) groups excluding carboxylic acids is 2. The third kappa shape index (κ3) is 5.14. The molecule has 0 atom stereocenters. The van der Waals surface area contributed by atoms with Gasteiger partial charge in [-0.15, -0.1) is 0 Å². The summed E-state index contributed by atoms with van der Waals surface area (Å²) in [5.41, 5.74) is 3.32. The van der Waals surface area contributed by atoms with Gasteiger partial charge in [-0.25, -0.2) is 0 Å². The number of anilines is 2. The number of amides is 2. The molecule has 0 heterocycles. The van der Waals surface area contributed by atoms with Gasteiger partial charge in [0.2, 0.25) is 5.91 Å². The van der Waals surface area contributed by atoms with E-state index in [1.807, 2.05) is 44.2 Å². The van der Waals surface area contributed by atoms with Gasteiger partial charge in [0.1, 0.15) is 5.75 Å². The van der Waals surface area contributed by atoms with Crippen molar-refractivity contribution in [2.75, 3.05) is 17.2 Å². The van der Waals surface area contributed by atoms with E-state index in [4.69, 9.17) is 4.74 Å². The molecule has 120 valence electrons. The second-order valence-electron chi connectivity index (χ2n) is 5.36. The van der Waals surface area contributed by atoms with E-state index >= 15 is 0 Å². The first-order valence-electron chi connectivity index (χ1n) is 7.31. The maximum Gasteiger partial charge on any atom is 0.262 e. The molecule has 0 bridgehead atoms. The Morgan fingerprint density at radius 1 is 1.00 bits per heavy atom. The van der Waals surface area contributed by atoms with Crippen molar-refractivity contribution in [3.63, 3.8) is 0 Å². The van der Waals surface area contributed by atoms with Gasteiger partial charge in [0.25, 0.3) is 5.91 Å². The van der Waals surface area contributed by atoms with Crippen LogP contribution in [0.2, 0.25) is 0 Å². The second kappa shape index (κ2) is 7.45. The number of aryl methyl sites for hydroxylation is 2. The van der Waals surface area contributed by atoms with Crippen LogP contribution in [0, 0.1) is 13.8 Å². The van der Waals surface area contributed by atoms with Gasteiger partial charge >= 0.3 is 0 Å². The molecule has 0 fully saturated rings. The van der Waals surface area contributed by atoms with Crippen LogP contribution in [0.25, 0.3) is 0 Å². The molecule has 0 aliphatic rings. The summed E-state index contributed by atoms with van der Waals surface area (Å²) >= 11 is 0. The summed E-state index contributed by atoms with van der Waals surface area (Å²) in [4.78, 5) is 23.1. The molecule has 0 radical (unpaired) electrons. The second-order valence-corrected chi connectivity index (χ2v) is 5.36. The standard InChI is InChI=1S/C18H20N2O3/c1-12-4-8-16(9-5-12)23-11-18(22)20-17-10-15(19-14(3)21)7-6-13(17)2/h4-10H,11H2,1-3H3,(H,19,21)(H,20,22). The van der Waals surface area contributed by atoms with Crippen LogP contribution in [-0.4, -0.2) is 18.4 Å². The summed E-state index contributed by atoms with van der Waals surface area (Å²) in [5, 5.41) is 5.48. The monoisotopic (exact) mass is 312 g/mol. The fourth-order valence-corrected chi connectivity index (χ4v) is 2.01. The molecule has 0 saturated carbocycles. The third-order valence-electron chi connectivity index (χ3n) is 3.22. The quantitative estimate of drug-likeness (QED) is 0.890. The Bertz CT molecular complexity index is 709. The Labute approximate surface area is 135 Å². The lowest BCUT2D eigenvalue weighted by molar-refractivity contribution is -0.118. The van der Waals surface area contributed by atoms with Crippen LogP contribution in [-0.2, 0) is 9.59 Å². The summed E-state index contributed by atoms with van der Waals surface area (Å²) in [5.74, 6) is 0.233. The number of nitrogens with one attached hydrogen (secondary N) is 2. The van der Waals surface area contributed by atoms with Gasteiger partial charge in [0.05, 0.1) is 0 Å². The topological polar surface area (TPSA) is 67.4 Å². The van der Waals surface area contributed by atoms with Gasteiger partial charge < -0.3 is 15.4 Å². The largest absolute Gasteiger partial charge is 0.484 e. The first kappa shape index (κ1) is 16.5. The SMILES string of the molecule is CC(=O)Nc1ccc(C)c(NC(=O)COc2ccc(C)cc2)c1. The van der Waals surface area contributed by atoms with Gasteiger partial charge in [0.15, 0.2) is 6.61 Å². The maximum atomic E-state index is 12.0. The Morgan fingerprint density at radius 2 is 1.70 bits per heavy atom. The first-order chi connectivity index (χ1) is 10.9. The van der Waals surface area contributed by atoms with E-state index in [1.165, 1.54) is 6.92 Å². The van der Waals surface area contributed by atoms with E-state index in [1.54, 1.807) is 12.1 Å². The van der Waals surface area contributed by atoms with Gasteiger partial charge in [-0.05, 0) is 43.7 Å². The minimum Gasteiger partial charge on any atom is -0.484 e. The Balaban J connectivity index is 1.96. The van der Waals surface area contributed by atoms with Gasteiger partial charge in [0, 0.05) is 18.3 Å². The minimum absolute atomic E-state index is 0.0765. The summed E-state index contributed by atoms with van der Waals surface area (Å²) in [6.45, 7) is 5.23. The molecular formula is C18H20N2O3. The molecule has 0 saturated heterocycles. The molecule has 2 aromatic rings. The highest BCUT2D eigenvalue weighted by Crippen LogP contribution is 2.20. The van der Waals surface area contributed by atoms with E-state index in [0.29, 0.717) is 17.1 Å². The lowest BCUT2D eigenvalue weighted by Crippen LogP contribution is -2.20. The highest BCUT2D eigenvalue weighted by Gasteiger charge is 2.07. The van der Waals surface area contributed by atoms with Crippen molar-refractivity contribution in [1.29, 1.82) is 0 Å². The van der Waals surface area contributed by atoms with E-state index < -0.39 is 0 Å². The van der Waals surface area contributed by atoms with Crippen molar-refractivity contribution < 1.29 is 14.3 Å². The Hall–Kier alpha value is -2.82. The van der Waals surface area contributed by atoms with E-state index in [-0.39, 0.29) is 18.4 Å². The molecular weight excluding hydrogens is 292 g/mol. The number of hydrogen-bond acceptors (Lipinski definition) is 3. The first-order valence-corrected chi connectivity index (χ1v) is 7.31. The average molecular weight is 312 g/mol. The molecule has 2 amide bonds. The van der Waals surface area contributed by atoms with Crippen LogP contribution in [0.15, 0.2) is 42.5 Å². The van der Waals surface area contributed by atoms with Crippen molar-refractivity contribution in [3.05, 3.63) is 53.6 Å². The lowest BCUT2D eigenvalue weighted by Gasteiger charge is -2.11. The fourth-order valence-electron chi connectivity index (χ4n) is 2.01. The third-order valence-corrected chi connectivity index (χ3v) is 3.22. The molecule has 0 spiro atoms. The summed E-state index contributed by atoms with van der Waals surface area (Å²) in [6.07, 6.45) is 0. The highest BCUT2D eigenvalue weighted by molar-refractivity contribution is 5.94. The lowest BCUT2D eigenvalue weighted by atomic mass is 10.1. The summed E-state index contributed by atoms with van der Waals surface area (Å²) in [7, 11) is 0. The van der Waals surface area contributed by atoms with E-state index in [0.717, 1.165) is 11.1 Å². The molecule has 0 aromatic heterocycles. The molecule has 2 N–H and O–H groups in total. The zero-order chi connectivity index (χ0) is 16.8. The Morgan fingerprint density at radius 3 is 2.35 bits per heavy atom. The van der Waals surface area contributed by atoms with Gasteiger partial charge in [-0.1, -0.05) is 23.8 Å². The van der Waals surface area contributed by atoms with Gasteiger partial charge in [-0.3, -0.25) is 9.59 Å². The molecule has 0 aliphatic heterocycles. The number of ether oxygens (including phenoxy) is 1. The fraction of sp³-hybridized carbons (Fsp3) is 0.222. The molecule has 5 heteroatoms. The van der Waals surface area contributed by atoms with Crippen LogP contribution >= 0.6 is 0 Å². The summed E-state index contributed by atoms with van der Waals surface area (Å²) < 4.78 is 5.45. The highest BCUT2D eigenvalue weighted by atomic mass is 16.5. The number of rotatable bonds is 5. The zero-order valence-corrected chi connectivity index (χ0v) is 13.5. The van der Waals surface area contributed by atoms with Gasteiger partial charge in [-0.2, -0.15) is 0 Å². The predicted octanol–water partition coefficient (Wildman–Crippen LogP) is 3.28. The molecule has 2 rings (SSSR count). The maximum absolute atomic E-state index is 12.0. The van der Waals surface area contributed by atoms with Crippen LogP contribution < -0.4 is 15.4 Å². The van der Waals surface area contributed by atoms with E-state index in [9.17, 15) is 9.59 Å². The molecule has 0 aliphatic carbocycles. The molecule has 5 nitrogen and oxygen atoms in total. The number of carbonyl (C=O) groups is 2. The van der Waals surface area contributed by atoms with Crippen LogP contribution in [0.3, 0.4) is 0 Å². The van der Waals surface area contributed by atoms with Crippen molar-refractivity contribution in [3.8, 4) is 5.75 Å². The normalized spacial score (nSPS) is 10.0. The molecule has 0 unspecified atom stereocenters. The van der Waals surface area contributed by atoms with Crippen LogP contribution in [0.4, 0.5) is 11.4 Å². The number of hydrogen-bond donors (Lipinski definition) is 2. The van der Waals surface area contributed by atoms with Crippen LogP contribution in [0.5, 0.6) is 5.75 Å². The molecule has 2 aromatic carbocycles. The molecule has 23 heavy (non-hydrogen) atoms. The van der Waals surface area contributed by atoms with Crippen molar-refractivity contribution in [2.24, 2.45) is 0 Å².